The van der Waals surface area contributed by atoms with Crippen LogP contribution in [-0.4, -0.2) is 38.2 Å². The average Bonchev–Trinajstić information content (AvgIpc) is 2.03. The van der Waals surface area contributed by atoms with E-state index >= 15 is 0 Å². The molecule has 0 aliphatic carbocycles. The first-order chi connectivity index (χ1) is 5.77. The number of nitrogens with one attached hydrogen (secondary N) is 1. The zero-order valence-corrected chi connectivity index (χ0v) is 10.0. The smallest absolute Gasteiger partial charge is 0.195 e. The van der Waals surface area contributed by atoms with Crippen molar-refractivity contribution in [1.82, 2.24) is 9.03 Å². The molecule has 0 fully saturated rings. The minimum absolute atomic E-state index is 0.260. The van der Waals surface area contributed by atoms with E-state index in [0.717, 1.165) is 4.31 Å². The highest BCUT2D eigenvalue weighted by Gasteiger charge is 2.28. The number of halogens is 1. The molecule has 80 valence electrons. The van der Waals surface area contributed by atoms with Gasteiger partial charge in [0.05, 0.1) is 0 Å². The van der Waals surface area contributed by atoms with Gasteiger partial charge in [0, 0.05) is 25.5 Å². The fourth-order valence-corrected chi connectivity index (χ4v) is 1.95. The summed E-state index contributed by atoms with van der Waals surface area (Å²) in [5.74, 6) is 0.260. The van der Waals surface area contributed by atoms with Crippen LogP contribution in [0.5, 0.6) is 0 Å². The summed E-state index contributed by atoms with van der Waals surface area (Å²) in [6.07, 6.45) is 0.656. The zero-order valence-electron chi connectivity index (χ0n) is 8.46. The summed E-state index contributed by atoms with van der Waals surface area (Å²) in [6, 6.07) is 0. The normalized spacial score (nSPS) is 17.4. The first kappa shape index (κ1) is 13.2. The molecule has 0 aromatic carbocycles. The fraction of sp³-hybridized carbons (Fsp3) is 1.00. The summed E-state index contributed by atoms with van der Waals surface area (Å²) < 4.78 is 26.5. The molecule has 0 aromatic rings. The maximum absolute atomic E-state index is 11.4. The van der Waals surface area contributed by atoms with Crippen LogP contribution in [0.3, 0.4) is 0 Å². The van der Waals surface area contributed by atoms with Crippen LogP contribution in [0.4, 0.5) is 0 Å². The summed E-state index contributed by atoms with van der Waals surface area (Å²) in [7, 11) is -0.424. The van der Waals surface area contributed by atoms with Crippen LogP contribution in [-0.2, 0) is 10.2 Å². The highest BCUT2D eigenvalue weighted by Crippen LogP contribution is 2.13. The first-order valence-corrected chi connectivity index (χ1v) is 6.02. The van der Waals surface area contributed by atoms with E-state index in [4.69, 9.17) is 11.6 Å². The molecule has 1 unspecified atom stereocenters. The van der Waals surface area contributed by atoms with Crippen LogP contribution >= 0.6 is 11.6 Å². The van der Waals surface area contributed by atoms with Gasteiger partial charge >= 0.3 is 0 Å². The quantitative estimate of drug-likeness (QED) is 0.708. The van der Waals surface area contributed by atoms with Gasteiger partial charge in [0.25, 0.3) is 10.2 Å². The Hall–Kier alpha value is 0.160. The Morgan fingerprint density at radius 3 is 2.15 bits per heavy atom. The molecule has 0 amide bonds. The van der Waals surface area contributed by atoms with E-state index in [1.165, 1.54) is 14.1 Å². The van der Waals surface area contributed by atoms with Gasteiger partial charge in [-0.1, -0.05) is 6.92 Å². The molecule has 0 bridgehead atoms. The van der Waals surface area contributed by atoms with Crippen molar-refractivity contribution in [2.75, 3.05) is 20.0 Å². The third kappa shape index (κ3) is 3.81. The minimum atomic E-state index is -3.38. The van der Waals surface area contributed by atoms with E-state index in [9.17, 15) is 8.42 Å². The topological polar surface area (TPSA) is 49.4 Å². The Morgan fingerprint density at radius 1 is 1.46 bits per heavy atom. The van der Waals surface area contributed by atoms with E-state index in [0.29, 0.717) is 6.42 Å². The van der Waals surface area contributed by atoms with Gasteiger partial charge in [-0.2, -0.15) is 17.4 Å². The molecule has 6 heteroatoms. The third-order valence-electron chi connectivity index (χ3n) is 1.93. The van der Waals surface area contributed by atoms with E-state index in [2.05, 4.69) is 4.72 Å². The molecule has 0 aliphatic rings. The van der Waals surface area contributed by atoms with Crippen LogP contribution in [0.2, 0.25) is 0 Å². The Morgan fingerprint density at radius 2 is 1.92 bits per heavy atom. The molecule has 0 aliphatic heterocycles. The van der Waals surface area contributed by atoms with Gasteiger partial charge < -0.3 is 0 Å². The lowest BCUT2D eigenvalue weighted by molar-refractivity contribution is 0.419. The highest BCUT2D eigenvalue weighted by molar-refractivity contribution is 7.87. The van der Waals surface area contributed by atoms with E-state index < -0.39 is 15.7 Å². The number of nitrogens with zero attached hydrogens (tertiary/aromatic N) is 1. The van der Waals surface area contributed by atoms with Crippen molar-refractivity contribution >= 4 is 21.8 Å². The van der Waals surface area contributed by atoms with E-state index in [1.54, 1.807) is 6.92 Å². The Balaban J connectivity index is 4.60. The fourth-order valence-electron chi connectivity index (χ4n) is 0.597. The SMILES string of the molecule is CCC(C)(CCl)NS(=O)(=O)N(C)C. The van der Waals surface area contributed by atoms with Gasteiger partial charge in [-0.15, -0.1) is 11.6 Å². The van der Waals surface area contributed by atoms with Crippen LogP contribution in [0.15, 0.2) is 0 Å². The predicted octanol–water partition coefficient (Wildman–Crippen LogP) is 0.790. The maximum atomic E-state index is 11.4. The molecular formula is C7H17ClN2O2S. The molecule has 0 heterocycles. The van der Waals surface area contributed by atoms with Crippen LogP contribution in [0.25, 0.3) is 0 Å². The van der Waals surface area contributed by atoms with Crippen molar-refractivity contribution in [2.24, 2.45) is 0 Å². The molecule has 1 N–H and O–H groups in total. The number of hydrogen-bond donors (Lipinski definition) is 1. The second-order valence-electron chi connectivity index (χ2n) is 3.44. The van der Waals surface area contributed by atoms with Crippen LogP contribution in [0.1, 0.15) is 20.3 Å². The maximum Gasteiger partial charge on any atom is 0.279 e. The van der Waals surface area contributed by atoms with Crippen LogP contribution in [0, 0.1) is 0 Å². The molecule has 13 heavy (non-hydrogen) atoms. The van der Waals surface area contributed by atoms with Crippen molar-refractivity contribution in [2.45, 2.75) is 25.8 Å². The van der Waals surface area contributed by atoms with Gasteiger partial charge in [0.2, 0.25) is 0 Å². The number of hydrogen-bond acceptors (Lipinski definition) is 2. The summed E-state index contributed by atoms with van der Waals surface area (Å²) in [5, 5.41) is 0. The Labute approximate surface area is 85.4 Å². The summed E-state index contributed by atoms with van der Waals surface area (Å²) in [5.41, 5.74) is -0.565. The second kappa shape index (κ2) is 4.59. The molecule has 0 rings (SSSR count). The standard InChI is InChI=1S/C7H17ClN2O2S/c1-5-7(2,6-8)9-13(11,12)10(3)4/h9H,5-6H2,1-4H3. The Kier molecular flexibility index (Phi) is 4.65. The summed E-state index contributed by atoms with van der Waals surface area (Å²) in [4.78, 5) is 0. The van der Waals surface area contributed by atoms with Gasteiger partial charge in [-0.25, -0.2) is 0 Å². The molecule has 0 saturated heterocycles. The van der Waals surface area contributed by atoms with Crippen molar-refractivity contribution < 1.29 is 8.42 Å². The van der Waals surface area contributed by atoms with E-state index in [-0.39, 0.29) is 5.88 Å². The Bertz CT molecular complexity index is 247. The summed E-state index contributed by atoms with van der Waals surface area (Å²) >= 11 is 5.67. The van der Waals surface area contributed by atoms with Crippen molar-refractivity contribution in [1.29, 1.82) is 0 Å². The van der Waals surface area contributed by atoms with Gasteiger partial charge in [-0.05, 0) is 13.3 Å². The molecule has 0 aromatic heterocycles. The van der Waals surface area contributed by atoms with E-state index in [1.807, 2.05) is 6.92 Å². The predicted molar refractivity (Wildman–Crippen MR) is 55.2 cm³/mol. The molecular weight excluding hydrogens is 212 g/mol. The molecule has 1 atom stereocenters. The first-order valence-electron chi connectivity index (χ1n) is 4.05. The average molecular weight is 229 g/mol. The highest BCUT2D eigenvalue weighted by atomic mass is 35.5. The van der Waals surface area contributed by atoms with Gasteiger partial charge in [0.1, 0.15) is 0 Å². The van der Waals surface area contributed by atoms with Crippen molar-refractivity contribution in [3.8, 4) is 0 Å². The van der Waals surface area contributed by atoms with Crippen molar-refractivity contribution in [3.05, 3.63) is 0 Å². The third-order valence-corrected chi connectivity index (χ3v) is 4.23. The molecule has 0 radical (unpaired) electrons. The lowest BCUT2D eigenvalue weighted by Crippen LogP contribution is -2.50. The molecule has 0 saturated carbocycles. The van der Waals surface area contributed by atoms with Crippen molar-refractivity contribution in [3.63, 3.8) is 0 Å². The number of alkyl halides is 1. The second-order valence-corrected chi connectivity index (χ2v) is 5.59. The van der Waals surface area contributed by atoms with Gasteiger partial charge in [-0.3, -0.25) is 0 Å². The number of rotatable bonds is 5. The van der Waals surface area contributed by atoms with Crippen LogP contribution < -0.4 is 4.72 Å². The lowest BCUT2D eigenvalue weighted by Gasteiger charge is -2.28. The lowest BCUT2D eigenvalue weighted by atomic mass is 10.0. The molecule has 4 nitrogen and oxygen atoms in total. The minimum Gasteiger partial charge on any atom is -0.195 e. The largest absolute Gasteiger partial charge is 0.279 e. The zero-order chi connectivity index (χ0) is 10.7. The molecule has 0 spiro atoms. The van der Waals surface area contributed by atoms with Gasteiger partial charge in [0.15, 0.2) is 0 Å². The monoisotopic (exact) mass is 228 g/mol. The summed E-state index contributed by atoms with van der Waals surface area (Å²) in [6.45, 7) is 3.67.